The van der Waals surface area contributed by atoms with Crippen LogP contribution in [0.25, 0.3) is 11.1 Å². The van der Waals surface area contributed by atoms with E-state index in [1.807, 2.05) is 12.1 Å². The fourth-order valence-electron chi connectivity index (χ4n) is 3.86. The molecule has 3 N–H and O–H groups in total. The molecule has 5 rings (SSSR count). The Morgan fingerprint density at radius 1 is 1.41 bits per heavy atom. The van der Waals surface area contributed by atoms with E-state index in [2.05, 4.69) is 19.8 Å². The lowest BCUT2D eigenvalue weighted by atomic mass is 9.84. The lowest BCUT2D eigenvalue weighted by Gasteiger charge is -2.25. The van der Waals surface area contributed by atoms with Gasteiger partial charge in [-0.1, -0.05) is 12.1 Å². The molecule has 2 aromatic heterocycles. The molecule has 11 heteroatoms. The average Bonchev–Trinajstić information content (AvgIpc) is 3.19. The molecule has 2 amide bonds. The van der Waals surface area contributed by atoms with Crippen molar-refractivity contribution in [2.24, 2.45) is 9.50 Å². The van der Waals surface area contributed by atoms with E-state index >= 15 is 0 Å². The van der Waals surface area contributed by atoms with Crippen molar-refractivity contribution in [2.45, 2.75) is 30.7 Å². The molecule has 1 aliphatic heterocycles. The van der Waals surface area contributed by atoms with Crippen molar-refractivity contribution in [3.8, 4) is 22.9 Å². The van der Waals surface area contributed by atoms with E-state index in [1.54, 1.807) is 10.7 Å². The highest BCUT2D eigenvalue weighted by Gasteiger charge is 2.26. The van der Waals surface area contributed by atoms with Crippen molar-refractivity contribution in [3.05, 3.63) is 47.8 Å². The third-order valence-electron chi connectivity index (χ3n) is 5.48. The van der Waals surface area contributed by atoms with Crippen LogP contribution in [0.1, 0.15) is 21.7 Å². The van der Waals surface area contributed by atoms with Gasteiger partial charge >= 0.3 is 6.03 Å². The van der Waals surface area contributed by atoms with Crippen LogP contribution in [0.15, 0.2) is 45.9 Å². The molecule has 3 heterocycles. The zero-order valence-corrected chi connectivity index (χ0v) is 17.7. The van der Waals surface area contributed by atoms with Crippen molar-refractivity contribution in [3.63, 3.8) is 0 Å². The third-order valence-corrected chi connectivity index (χ3v) is 6.83. The first-order valence-corrected chi connectivity index (χ1v) is 11.5. The first-order chi connectivity index (χ1) is 16.6. The summed E-state index contributed by atoms with van der Waals surface area (Å²) in [6.07, 6.45) is 5.07. The standard InChI is InChI=1S/C21H22N6O4S/c1-30-18-11-14(7-8-23-18)16-6-4-13-3-5-15(13)19(16)25-21(28)26-32(22,29)17-12-24-27-9-2-10-31-20(17)27/h4,6-8,11-12H,2-3,5,9-10H2,1H3,(H3,22,25,26,28,29)/t32-/m0/s1/i1D3. The van der Waals surface area contributed by atoms with Crippen LogP contribution in [-0.2, 0) is 29.3 Å². The number of nitrogens with zero attached hydrogens (tertiary/aromatic N) is 4. The summed E-state index contributed by atoms with van der Waals surface area (Å²) in [6.45, 7) is 1.02. The van der Waals surface area contributed by atoms with Crippen molar-refractivity contribution in [1.29, 1.82) is 0 Å². The van der Waals surface area contributed by atoms with E-state index in [-0.39, 0.29) is 16.7 Å². The van der Waals surface area contributed by atoms with Gasteiger partial charge in [0.1, 0.15) is 4.90 Å². The number of amides is 2. The number of hydrogen-bond donors (Lipinski definition) is 2. The Balaban J connectivity index is 1.48. The van der Waals surface area contributed by atoms with Gasteiger partial charge in [-0.2, -0.15) is 5.10 Å². The Morgan fingerprint density at radius 2 is 2.31 bits per heavy atom. The molecule has 0 saturated heterocycles. The van der Waals surface area contributed by atoms with Gasteiger partial charge in [-0.3, -0.25) is 0 Å². The average molecular weight is 458 g/mol. The number of methoxy groups -OCH3 is 1. The molecule has 2 aliphatic rings. The zero-order valence-electron chi connectivity index (χ0n) is 19.9. The normalized spacial score (nSPS) is 17.7. The van der Waals surface area contributed by atoms with Crippen LogP contribution < -0.4 is 19.9 Å². The summed E-state index contributed by atoms with van der Waals surface area (Å²) >= 11 is 0. The number of fused-ring (bicyclic) bond motifs is 2. The summed E-state index contributed by atoms with van der Waals surface area (Å²) in [5.41, 5.74) is 3.65. The Bertz CT molecular complexity index is 1450. The number of anilines is 1. The van der Waals surface area contributed by atoms with Gasteiger partial charge in [-0.15, -0.1) is 4.36 Å². The lowest BCUT2D eigenvalue weighted by Crippen LogP contribution is -2.22. The number of aryl methyl sites for hydroxylation is 2. The second-order valence-electron chi connectivity index (χ2n) is 7.44. The van der Waals surface area contributed by atoms with Gasteiger partial charge in [0.15, 0.2) is 9.92 Å². The number of carbonyl (C=O) groups is 1. The van der Waals surface area contributed by atoms with Gasteiger partial charge in [-0.25, -0.2) is 23.8 Å². The van der Waals surface area contributed by atoms with Gasteiger partial charge < -0.3 is 14.8 Å². The number of aromatic nitrogens is 3. The minimum atomic E-state index is -3.63. The summed E-state index contributed by atoms with van der Waals surface area (Å²) in [7, 11) is -6.28. The molecule has 166 valence electrons. The van der Waals surface area contributed by atoms with E-state index < -0.39 is 23.0 Å². The molecule has 1 aliphatic carbocycles. The van der Waals surface area contributed by atoms with E-state index in [9.17, 15) is 9.00 Å². The fourth-order valence-corrected chi connectivity index (χ4v) is 4.86. The molecular weight excluding hydrogens is 432 g/mol. The quantitative estimate of drug-likeness (QED) is 0.619. The van der Waals surface area contributed by atoms with Gasteiger partial charge in [0, 0.05) is 30.8 Å². The largest absolute Gasteiger partial charge is 0.481 e. The molecule has 1 aromatic carbocycles. The van der Waals surface area contributed by atoms with Crippen LogP contribution >= 0.6 is 0 Å². The SMILES string of the molecule is [2H]C([2H])([2H])Oc1cc(-c2ccc3c(c2NC(=O)N=[S@](N)(=O)c2cnn4c2OCCC4)CC3)ccn1. The van der Waals surface area contributed by atoms with Crippen LogP contribution in [0, 0.1) is 0 Å². The first-order valence-electron chi connectivity index (χ1n) is 11.5. The molecule has 10 nitrogen and oxygen atoms in total. The zero-order chi connectivity index (χ0) is 24.8. The minimum Gasteiger partial charge on any atom is -0.481 e. The van der Waals surface area contributed by atoms with E-state index in [4.69, 9.17) is 18.7 Å². The Kier molecular flexibility index (Phi) is 4.24. The lowest BCUT2D eigenvalue weighted by molar-refractivity contribution is 0.224. The van der Waals surface area contributed by atoms with Crippen molar-refractivity contribution in [1.82, 2.24) is 14.8 Å². The molecule has 32 heavy (non-hydrogen) atoms. The molecule has 0 bridgehead atoms. The number of benzene rings is 1. The fraction of sp³-hybridized carbons (Fsp3) is 0.286. The number of hydrogen-bond acceptors (Lipinski definition) is 6. The highest BCUT2D eigenvalue weighted by Crippen LogP contribution is 2.39. The summed E-state index contributed by atoms with van der Waals surface area (Å²) in [4.78, 5) is 16.9. The Labute approximate surface area is 189 Å². The second-order valence-corrected chi connectivity index (χ2v) is 9.20. The van der Waals surface area contributed by atoms with Crippen LogP contribution in [0.4, 0.5) is 10.5 Å². The molecule has 3 aromatic rings. The van der Waals surface area contributed by atoms with Gasteiger partial charge in [0.2, 0.25) is 11.8 Å². The second kappa shape index (κ2) is 7.92. The van der Waals surface area contributed by atoms with E-state index in [0.29, 0.717) is 30.0 Å². The minimum absolute atomic E-state index is 0.0641. The summed E-state index contributed by atoms with van der Waals surface area (Å²) in [5, 5.41) is 12.8. The smallest absolute Gasteiger partial charge is 0.354 e. The van der Waals surface area contributed by atoms with Gasteiger partial charge in [-0.05, 0) is 35.6 Å². The number of nitrogens with one attached hydrogen (secondary N) is 1. The summed E-state index contributed by atoms with van der Waals surface area (Å²) < 4.78 is 50.8. The predicted octanol–water partition coefficient (Wildman–Crippen LogP) is 2.77. The maximum Gasteiger partial charge on any atom is 0.354 e. The van der Waals surface area contributed by atoms with Crippen LogP contribution in [-0.4, -0.2) is 38.6 Å². The number of carbonyl (C=O) groups excluding carboxylic acids is 1. The summed E-state index contributed by atoms with van der Waals surface area (Å²) in [5.74, 6) is 0.173. The molecule has 0 unspecified atom stereocenters. The Hall–Kier alpha value is -3.44. The van der Waals surface area contributed by atoms with Crippen LogP contribution in [0.2, 0.25) is 0 Å². The van der Waals surface area contributed by atoms with Crippen LogP contribution in [0.5, 0.6) is 11.8 Å². The van der Waals surface area contributed by atoms with E-state index in [0.717, 1.165) is 30.4 Å². The Morgan fingerprint density at radius 3 is 3.12 bits per heavy atom. The molecule has 0 radical (unpaired) electrons. The van der Waals surface area contributed by atoms with E-state index in [1.165, 1.54) is 18.5 Å². The molecular formula is C21H22N6O4S. The molecule has 1 atom stereocenters. The molecule has 0 fully saturated rings. The highest BCUT2D eigenvalue weighted by molar-refractivity contribution is 7.91. The van der Waals surface area contributed by atoms with Crippen LogP contribution in [0.3, 0.4) is 0 Å². The number of urea groups is 1. The monoisotopic (exact) mass is 457 g/mol. The van der Waals surface area contributed by atoms with Crippen molar-refractivity contribution in [2.75, 3.05) is 19.0 Å². The maximum atomic E-state index is 13.2. The molecule has 0 spiro atoms. The van der Waals surface area contributed by atoms with Gasteiger partial charge in [0.25, 0.3) is 0 Å². The summed E-state index contributed by atoms with van der Waals surface area (Å²) in [6, 6.07) is 6.00. The van der Waals surface area contributed by atoms with Crippen molar-refractivity contribution >= 4 is 21.6 Å². The predicted molar refractivity (Wildman–Crippen MR) is 118 cm³/mol. The third kappa shape index (κ3) is 3.59. The van der Waals surface area contributed by atoms with Crippen molar-refractivity contribution < 1.29 is 22.6 Å². The first kappa shape index (κ1) is 17.2. The van der Waals surface area contributed by atoms with Gasteiger partial charge in [0.05, 0.1) is 29.6 Å². The number of ether oxygens (including phenoxy) is 2. The highest BCUT2D eigenvalue weighted by atomic mass is 32.2. The number of nitrogens with two attached hydrogens (primary N) is 1. The molecule has 0 saturated carbocycles. The topological polar surface area (TPSA) is 134 Å². The number of rotatable bonds is 4. The number of pyridine rings is 1. The maximum absolute atomic E-state index is 13.2.